The maximum Gasteiger partial charge on any atom is 0.282 e. The smallest absolute Gasteiger partial charge is 0.282 e. The van der Waals surface area contributed by atoms with Crippen LogP contribution >= 0.6 is 11.6 Å². The first-order chi connectivity index (χ1) is 12.5. The van der Waals surface area contributed by atoms with E-state index in [1.54, 1.807) is 12.1 Å². The molecule has 0 radical (unpaired) electrons. The molecule has 1 saturated heterocycles. The number of halogens is 1. The van der Waals surface area contributed by atoms with Crippen LogP contribution in [0.2, 0.25) is 5.02 Å². The Morgan fingerprint density at radius 2 is 1.85 bits per heavy atom. The number of phenols is 1. The lowest BCUT2D eigenvalue weighted by molar-refractivity contribution is -0.914. The van der Waals surface area contributed by atoms with Crippen molar-refractivity contribution in [2.24, 2.45) is 0 Å². The topological polar surface area (TPSA) is 57.0 Å². The zero-order valence-electron chi connectivity index (χ0n) is 15.1. The van der Waals surface area contributed by atoms with Crippen LogP contribution in [-0.2, 0) is 4.79 Å². The van der Waals surface area contributed by atoms with Gasteiger partial charge >= 0.3 is 0 Å². The van der Waals surface area contributed by atoms with Crippen LogP contribution in [0.1, 0.15) is 12.5 Å². The monoisotopic (exact) mass is 374 g/mol. The molecule has 0 unspecified atom stereocenters. The highest BCUT2D eigenvalue weighted by Crippen LogP contribution is 2.23. The van der Waals surface area contributed by atoms with E-state index in [0.717, 1.165) is 43.1 Å². The number of quaternary nitrogens is 1. The van der Waals surface area contributed by atoms with Crippen LogP contribution in [0.3, 0.4) is 0 Å². The third-order valence-corrected chi connectivity index (χ3v) is 5.56. The summed E-state index contributed by atoms with van der Waals surface area (Å²) >= 11 is 6.13. The maximum absolute atomic E-state index is 12.6. The second kappa shape index (κ2) is 7.98. The van der Waals surface area contributed by atoms with Crippen molar-refractivity contribution in [1.29, 1.82) is 0 Å². The molecule has 1 heterocycles. The van der Waals surface area contributed by atoms with Crippen LogP contribution in [0.4, 0.5) is 11.4 Å². The number of hydrogen-bond donors (Lipinski definition) is 3. The Morgan fingerprint density at radius 3 is 2.50 bits per heavy atom. The van der Waals surface area contributed by atoms with Crippen LogP contribution in [0.15, 0.2) is 42.5 Å². The molecule has 6 heteroatoms. The first kappa shape index (κ1) is 18.5. The maximum atomic E-state index is 12.6. The molecular formula is C20H25ClN3O2+. The molecule has 5 nitrogen and oxygen atoms in total. The van der Waals surface area contributed by atoms with Crippen molar-refractivity contribution in [2.75, 3.05) is 36.4 Å². The van der Waals surface area contributed by atoms with E-state index in [-0.39, 0.29) is 17.7 Å². The summed E-state index contributed by atoms with van der Waals surface area (Å²) in [5.74, 6) is 0.295. The summed E-state index contributed by atoms with van der Waals surface area (Å²) < 4.78 is 0. The van der Waals surface area contributed by atoms with Gasteiger partial charge in [0.2, 0.25) is 0 Å². The molecule has 0 aliphatic carbocycles. The van der Waals surface area contributed by atoms with Crippen LogP contribution in [0.25, 0.3) is 0 Å². The minimum Gasteiger partial charge on any atom is -0.508 e. The van der Waals surface area contributed by atoms with Crippen molar-refractivity contribution in [3.05, 3.63) is 53.1 Å². The molecule has 1 aliphatic rings. The van der Waals surface area contributed by atoms with Crippen molar-refractivity contribution in [2.45, 2.75) is 19.9 Å². The summed E-state index contributed by atoms with van der Waals surface area (Å²) in [5.41, 5.74) is 2.77. The van der Waals surface area contributed by atoms with Gasteiger partial charge in [0.1, 0.15) is 5.75 Å². The Hall–Kier alpha value is -2.24. The molecule has 0 aromatic heterocycles. The van der Waals surface area contributed by atoms with Gasteiger partial charge in [-0.2, -0.15) is 0 Å². The largest absolute Gasteiger partial charge is 0.508 e. The molecule has 0 saturated carbocycles. The second-order valence-electron chi connectivity index (χ2n) is 6.79. The van der Waals surface area contributed by atoms with E-state index in [2.05, 4.69) is 10.2 Å². The van der Waals surface area contributed by atoms with Crippen LogP contribution in [0, 0.1) is 6.92 Å². The highest BCUT2D eigenvalue weighted by atomic mass is 35.5. The fourth-order valence-electron chi connectivity index (χ4n) is 3.32. The van der Waals surface area contributed by atoms with E-state index in [1.807, 2.05) is 44.2 Å². The van der Waals surface area contributed by atoms with Gasteiger partial charge in [0.25, 0.3) is 5.91 Å². The number of anilines is 2. The lowest BCUT2D eigenvalue weighted by Crippen LogP contribution is -3.19. The fraction of sp³-hybridized carbons (Fsp3) is 0.350. The Kier molecular flexibility index (Phi) is 5.69. The third kappa shape index (κ3) is 4.11. The van der Waals surface area contributed by atoms with Gasteiger partial charge < -0.3 is 20.2 Å². The van der Waals surface area contributed by atoms with E-state index in [4.69, 9.17) is 11.6 Å². The van der Waals surface area contributed by atoms with Crippen molar-refractivity contribution in [3.63, 3.8) is 0 Å². The Bertz CT molecular complexity index is 771. The van der Waals surface area contributed by atoms with Gasteiger partial charge in [-0.25, -0.2) is 0 Å². The number of carbonyl (C=O) groups is 1. The number of aromatic hydroxyl groups is 1. The van der Waals surface area contributed by atoms with Gasteiger partial charge in [-0.1, -0.05) is 17.7 Å². The number of phenolic OH excluding ortho intramolecular Hbond substituents is 1. The number of amides is 1. The minimum atomic E-state index is -0.129. The highest BCUT2D eigenvalue weighted by molar-refractivity contribution is 6.31. The van der Waals surface area contributed by atoms with Gasteiger partial charge in [0, 0.05) is 16.4 Å². The van der Waals surface area contributed by atoms with Gasteiger partial charge in [0.05, 0.1) is 26.2 Å². The molecule has 26 heavy (non-hydrogen) atoms. The van der Waals surface area contributed by atoms with E-state index in [9.17, 15) is 9.90 Å². The number of nitrogens with zero attached hydrogens (tertiary/aromatic N) is 1. The van der Waals surface area contributed by atoms with Crippen molar-refractivity contribution in [1.82, 2.24) is 0 Å². The van der Waals surface area contributed by atoms with Gasteiger partial charge in [-0.05, 0) is 55.8 Å². The Labute approximate surface area is 159 Å². The first-order valence-corrected chi connectivity index (χ1v) is 9.28. The molecule has 1 fully saturated rings. The number of piperazine rings is 1. The quantitative estimate of drug-likeness (QED) is 0.768. The van der Waals surface area contributed by atoms with Crippen molar-refractivity contribution >= 4 is 28.9 Å². The summed E-state index contributed by atoms with van der Waals surface area (Å²) in [4.78, 5) is 16.2. The molecule has 2 aromatic rings. The molecule has 0 spiro atoms. The fourth-order valence-corrected chi connectivity index (χ4v) is 3.49. The zero-order chi connectivity index (χ0) is 18.7. The number of rotatable bonds is 4. The molecule has 1 amide bonds. The summed E-state index contributed by atoms with van der Waals surface area (Å²) in [6, 6.07) is 12.7. The first-order valence-electron chi connectivity index (χ1n) is 8.90. The normalized spacial score (nSPS) is 16.3. The summed E-state index contributed by atoms with van der Waals surface area (Å²) in [7, 11) is 0. The zero-order valence-corrected chi connectivity index (χ0v) is 15.9. The van der Waals surface area contributed by atoms with Crippen LogP contribution in [0.5, 0.6) is 5.75 Å². The molecule has 0 bridgehead atoms. The van der Waals surface area contributed by atoms with Gasteiger partial charge in [0.15, 0.2) is 6.04 Å². The van der Waals surface area contributed by atoms with Crippen molar-refractivity contribution < 1.29 is 14.8 Å². The van der Waals surface area contributed by atoms with Gasteiger partial charge in [-0.15, -0.1) is 0 Å². The third-order valence-electron chi connectivity index (χ3n) is 5.15. The standard InChI is InChI=1S/C20H24ClN3O2/c1-14-18(21)4-3-5-19(14)22-20(26)15(2)23-10-12-24(13-11-23)16-6-8-17(25)9-7-16/h3-9,15,25H,10-13H2,1-2H3,(H,22,26)/p+1/t15-/m0/s1. The van der Waals surface area contributed by atoms with Crippen LogP contribution in [-0.4, -0.2) is 43.2 Å². The minimum absolute atomic E-state index is 0.0171. The Morgan fingerprint density at radius 1 is 1.19 bits per heavy atom. The average molecular weight is 375 g/mol. The van der Waals surface area contributed by atoms with E-state index in [1.165, 1.54) is 4.90 Å². The predicted molar refractivity (Wildman–Crippen MR) is 105 cm³/mol. The SMILES string of the molecule is Cc1c(Cl)cccc1NC(=O)[C@H](C)[NH+]1CCN(c2ccc(O)cc2)CC1. The number of nitrogens with one attached hydrogen (secondary N) is 2. The molecule has 3 N–H and O–H groups in total. The van der Waals surface area contributed by atoms with Gasteiger partial charge in [-0.3, -0.25) is 4.79 Å². The average Bonchev–Trinajstić information content (AvgIpc) is 2.65. The number of benzene rings is 2. The summed E-state index contributed by atoms with van der Waals surface area (Å²) in [6.45, 7) is 7.43. The molecular weight excluding hydrogens is 350 g/mol. The van der Waals surface area contributed by atoms with E-state index >= 15 is 0 Å². The number of carbonyl (C=O) groups excluding carboxylic acids is 1. The number of hydrogen-bond acceptors (Lipinski definition) is 3. The molecule has 1 atom stereocenters. The predicted octanol–water partition coefficient (Wildman–Crippen LogP) is 2.09. The van der Waals surface area contributed by atoms with Crippen LogP contribution < -0.4 is 15.1 Å². The van der Waals surface area contributed by atoms with E-state index < -0.39 is 0 Å². The molecule has 3 rings (SSSR count). The lowest BCUT2D eigenvalue weighted by Gasteiger charge is -2.36. The molecule has 1 aliphatic heterocycles. The summed E-state index contributed by atoms with van der Waals surface area (Å²) in [5, 5.41) is 13.1. The lowest BCUT2D eigenvalue weighted by atomic mass is 10.1. The molecule has 138 valence electrons. The summed E-state index contributed by atoms with van der Waals surface area (Å²) in [6.07, 6.45) is 0. The highest BCUT2D eigenvalue weighted by Gasteiger charge is 2.29. The Balaban J connectivity index is 1.57. The van der Waals surface area contributed by atoms with Crippen molar-refractivity contribution in [3.8, 4) is 5.75 Å². The second-order valence-corrected chi connectivity index (χ2v) is 7.19. The van der Waals surface area contributed by atoms with E-state index in [0.29, 0.717) is 5.02 Å². The molecule has 2 aromatic carbocycles.